The topological polar surface area (TPSA) is 82.0 Å². The summed E-state index contributed by atoms with van der Waals surface area (Å²) in [6.45, 7) is 7.28. The Morgan fingerprint density at radius 1 is 1.14 bits per heavy atom. The minimum absolute atomic E-state index is 0.246. The van der Waals surface area contributed by atoms with E-state index in [1.165, 1.54) is 16.6 Å². The molecule has 8 heteroatoms. The molecule has 0 atom stereocenters. The quantitative estimate of drug-likeness (QED) is 0.669. The first-order valence-corrected chi connectivity index (χ1v) is 10.1. The van der Waals surface area contributed by atoms with E-state index in [1.807, 2.05) is 6.92 Å². The van der Waals surface area contributed by atoms with Crippen molar-refractivity contribution in [2.75, 3.05) is 37.7 Å². The molecular weight excluding hydrogens is 366 g/mol. The number of nitrogens with one attached hydrogen (secondary N) is 1. The average molecular weight is 391 g/mol. The maximum absolute atomic E-state index is 5.96. The van der Waals surface area contributed by atoms with Gasteiger partial charge in [-0.05, 0) is 24.4 Å². The van der Waals surface area contributed by atoms with E-state index in [0.717, 1.165) is 50.7 Å². The van der Waals surface area contributed by atoms with E-state index in [9.17, 15) is 0 Å². The largest absolute Gasteiger partial charge is 0.488 e. The fourth-order valence-corrected chi connectivity index (χ4v) is 3.77. The molecule has 2 aromatic heterocycles. The molecule has 1 saturated heterocycles. The minimum atomic E-state index is -0.246. The Kier molecular flexibility index (Phi) is 4.63. The number of H-pyrrole nitrogens is 1. The second-order valence-corrected chi connectivity index (χ2v) is 7.87. The maximum atomic E-state index is 5.96. The molecule has 0 saturated carbocycles. The lowest BCUT2D eigenvalue weighted by atomic mass is 10.2. The van der Waals surface area contributed by atoms with Gasteiger partial charge in [-0.3, -0.25) is 4.90 Å². The molecular formula is C21H25N7O. The standard InChI is InChI=1S/C21H25N7O/c1-21(25-26-21)6-11-29-19-13-22-15-23-20(19)28-9-7-27(8-10-28)14-17-12-16-4-2-3-5-18(16)24-17/h2-5,12-13,15,24H,6-11,14H2,1H3. The molecule has 0 unspecified atom stereocenters. The van der Waals surface area contributed by atoms with Crippen LogP contribution in [-0.4, -0.2) is 58.3 Å². The Labute approximate surface area is 169 Å². The Hall–Kier alpha value is -3.00. The summed E-state index contributed by atoms with van der Waals surface area (Å²) in [6.07, 6.45) is 4.12. The zero-order chi connectivity index (χ0) is 19.7. The molecule has 4 heterocycles. The van der Waals surface area contributed by atoms with Crippen LogP contribution in [0.5, 0.6) is 5.75 Å². The van der Waals surface area contributed by atoms with Crippen LogP contribution >= 0.6 is 0 Å². The molecule has 5 rings (SSSR count). The summed E-state index contributed by atoms with van der Waals surface area (Å²) >= 11 is 0. The average Bonchev–Trinajstić information content (AvgIpc) is 3.33. The monoisotopic (exact) mass is 391 g/mol. The molecule has 2 aliphatic heterocycles. The summed E-state index contributed by atoms with van der Waals surface area (Å²) in [7, 11) is 0. The zero-order valence-corrected chi connectivity index (χ0v) is 16.6. The number of anilines is 1. The second-order valence-electron chi connectivity index (χ2n) is 7.87. The van der Waals surface area contributed by atoms with Gasteiger partial charge in [0, 0.05) is 50.4 Å². The number of nitrogens with zero attached hydrogens (tertiary/aromatic N) is 6. The number of piperazine rings is 1. The lowest BCUT2D eigenvalue weighted by Crippen LogP contribution is -2.46. The first-order chi connectivity index (χ1) is 14.2. The number of ether oxygens (including phenoxy) is 1. The highest BCUT2D eigenvalue weighted by Gasteiger charge is 2.33. The number of aromatic nitrogens is 3. The van der Waals surface area contributed by atoms with Crippen molar-refractivity contribution in [3.05, 3.63) is 48.5 Å². The second kappa shape index (κ2) is 7.44. The molecule has 0 aliphatic carbocycles. The lowest BCUT2D eigenvalue weighted by Gasteiger charge is -2.35. The summed E-state index contributed by atoms with van der Waals surface area (Å²) in [5.74, 6) is 1.61. The SMILES string of the molecule is CC1(CCOc2cncnc2N2CCN(Cc3cc4ccccc4[nH]3)CC2)N=N1. The maximum Gasteiger partial charge on any atom is 0.191 e. The van der Waals surface area contributed by atoms with Gasteiger partial charge in [0.25, 0.3) is 0 Å². The number of aromatic amines is 1. The van der Waals surface area contributed by atoms with Crippen LogP contribution in [0.2, 0.25) is 0 Å². The van der Waals surface area contributed by atoms with E-state index in [0.29, 0.717) is 6.61 Å². The highest BCUT2D eigenvalue weighted by atomic mass is 16.5. The predicted octanol–water partition coefficient (Wildman–Crippen LogP) is 3.23. The smallest absolute Gasteiger partial charge is 0.191 e. The van der Waals surface area contributed by atoms with Gasteiger partial charge in [-0.15, -0.1) is 0 Å². The molecule has 8 nitrogen and oxygen atoms in total. The molecule has 0 amide bonds. The lowest BCUT2D eigenvalue weighted by molar-refractivity contribution is 0.244. The zero-order valence-electron chi connectivity index (χ0n) is 16.6. The third kappa shape index (κ3) is 4.07. The van der Waals surface area contributed by atoms with Crippen LogP contribution in [0.3, 0.4) is 0 Å². The van der Waals surface area contributed by atoms with Crippen LogP contribution < -0.4 is 9.64 Å². The predicted molar refractivity (Wildman–Crippen MR) is 111 cm³/mol. The van der Waals surface area contributed by atoms with Gasteiger partial charge >= 0.3 is 0 Å². The third-order valence-electron chi connectivity index (χ3n) is 5.59. The van der Waals surface area contributed by atoms with E-state index in [4.69, 9.17) is 4.74 Å². The molecule has 0 spiro atoms. The fraction of sp³-hybridized carbons (Fsp3) is 0.429. The Bertz CT molecular complexity index is 984. The van der Waals surface area contributed by atoms with Gasteiger partial charge in [0.15, 0.2) is 17.2 Å². The van der Waals surface area contributed by atoms with E-state index < -0.39 is 0 Å². The number of rotatable bonds is 7. The van der Waals surface area contributed by atoms with E-state index in [-0.39, 0.29) is 5.66 Å². The van der Waals surface area contributed by atoms with Crippen molar-refractivity contribution in [2.24, 2.45) is 10.2 Å². The third-order valence-corrected chi connectivity index (χ3v) is 5.59. The minimum Gasteiger partial charge on any atom is -0.488 e. The Morgan fingerprint density at radius 2 is 1.97 bits per heavy atom. The van der Waals surface area contributed by atoms with Gasteiger partial charge in [0.2, 0.25) is 0 Å². The van der Waals surface area contributed by atoms with Gasteiger partial charge in [-0.25, -0.2) is 9.97 Å². The van der Waals surface area contributed by atoms with Crippen LogP contribution in [-0.2, 0) is 6.54 Å². The van der Waals surface area contributed by atoms with Crippen molar-refractivity contribution in [3.63, 3.8) is 0 Å². The molecule has 0 radical (unpaired) electrons. The van der Waals surface area contributed by atoms with Crippen LogP contribution in [0.1, 0.15) is 19.0 Å². The van der Waals surface area contributed by atoms with Gasteiger partial charge in [-0.1, -0.05) is 18.2 Å². The first kappa shape index (κ1) is 18.1. The van der Waals surface area contributed by atoms with Crippen molar-refractivity contribution in [1.82, 2.24) is 19.9 Å². The van der Waals surface area contributed by atoms with Gasteiger partial charge in [-0.2, -0.15) is 10.2 Å². The molecule has 3 aromatic rings. The summed E-state index contributed by atoms with van der Waals surface area (Å²) in [5, 5.41) is 9.33. The van der Waals surface area contributed by atoms with Crippen molar-refractivity contribution in [2.45, 2.75) is 25.6 Å². The Morgan fingerprint density at radius 3 is 2.76 bits per heavy atom. The summed E-state index contributed by atoms with van der Waals surface area (Å²) < 4.78 is 5.96. The van der Waals surface area contributed by atoms with Crippen molar-refractivity contribution >= 4 is 16.7 Å². The van der Waals surface area contributed by atoms with Crippen molar-refractivity contribution < 1.29 is 4.74 Å². The number of hydrogen-bond donors (Lipinski definition) is 1. The number of fused-ring (bicyclic) bond motifs is 1. The number of hydrogen-bond acceptors (Lipinski definition) is 7. The summed E-state index contributed by atoms with van der Waals surface area (Å²) in [6, 6.07) is 10.7. The van der Waals surface area contributed by atoms with Gasteiger partial charge < -0.3 is 14.6 Å². The van der Waals surface area contributed by atoms with Crippen LogP contribution in [0.15, 0.2) is 53.1 Å². The van der Waals surface area contributed by atoms with Crippen LogP contribution in [0, 0.1) is 0 Å². The fourth-order valence-electron chi connectivity index (χ4n) is 3.77. The Balaban J connectivity index is 1.18. The first-order valence-electron chi connectivity index (χ1n) is 10.1. The van der Waals surface area contributed by atoms with E-state index in [2.05, 4.69) is 65.3 Å². The molecule has 1 fully saturated rings. The summed E-state index contributed by atoms with van der Waals surface area (Å²) in [5.41, 5.74) is 2.21. The van der Waals surface area contributed by atoms with Crippen LogP contribution in [0.25, 0.3) is 10.9 Å². The van der Waals surface area contributed by atoms with Crippen LogP contribution in [0.4, 0.5) is 5.82 Å². The highest BCUT2D eigenvalue weighted by Crippen LogP contribution is 2.32. The van der Waals surface area contributed by atoms with Crippen molar-refractivity contribution in [1.29, 1.82) is 0 Å². The van der Waals surface area contributed by atoms with Gasteiger partial charge in [0.1, 0.15) is 6.33 Å². The molecule has 2 aliphatic rings. The summed E-state index contributed by atoms with van der Waals surface area (Å²) in [4.78, 5) is 16.9. The van der Waals surface area contributed by atoms with Gasteiger partial charge in [0.05, 0.1) is 12.8 Å². The van der Waals surface area contributed by atoms with E-state index in [1.54, 1.807) is 12.5 Å². The van der Waals surface area contributed by atoms with Crippen molar-refractivity contribution in [3.8, 4) is 5.75 Å². The number of para-hydroxylation sites is 1. The highest BCUT2D eigenvalue weighted by molar-refractivity contribution is 5.80. The molecule has 1 N–H and O–H groups in total. The molecule has 29 heavy (non-hydrogen) atoms. The molecule has 150 valence electrons. The normalized spacial score (nSPS) is 18.3. The van der Waals surface area contributed by atoms with E-state index >= 15 is 0 Å². The molecule has 1 aromatic carbocycles. The molecule has 0 bridgehead atoms. The number of benzene rings is 1.